The van der Waals surface area contributed by atoms with Crippen molar-refractivity contribution >= 4 is 87.5 Å². The van der Waals surface area contributed by atoms with E-state index in [1.165, 1.54) is 0 Å². The molecule has 17 heteroatoms. The molecule has 0 aliphatic carbocycles. The molecule has 0 heterocycles. The van der Waals surface area contributed by atoms with Crippen LogP contribution in [0.1, 0.15) is 19.3 Å². The Morgan fingerprint density at radius 2 is 0.621 bits per heavy atom. The van der Waals surface area contributed by atoms with Gasteiger partial charge in [-0.05, 0) is 0 Å². The van der Waals surface area contributed by atoms with Crippen LogP contribution in [-0.4, -0.2) is 106 Å². The summed E-state index contributed by atoms with van der Waals surface area (Å²) in [7, 11) is 0. The number of nitrogens with two attached hydrogens (primary N) is 3. The number of hydrogen-bond acceptors (Lipinski definition) is 15. The number of hydrogen-bond donors (Lipinski definition) is 3. The summed E-state index contributed by atoms with van der Waals surface area (Å²) in [6, 6.07) is -4.39. The smallest absolute Gasteiger partial charge is 0.550 e. The molecule has 0 aliphatic rings. The fourth-order valence-corrected chi connectivity index (χ4v) is 0.789. The van der Waals surface area contributed by atoms with Gasteiger partial charge in [-0.2, -0.15) is 0 Å². The Morgan fingerprint density at radius 1 is 0.483 bits per heavy atom. The van der Waals surface area contributed by atoms with E-state index in [-0.39, 0.29) is 51.7 Å². The molecule has 0 saturated carbocycles. The second-order valence-corrected chi connectivity index (χ2v) is 4.50. The van der Waals surface area contributed by atoms with Gasteiger partial charge in [0.2, 0.25) is 0 Å². The molecule has 0 aromatic carbocycles. The molecule has 0 fully saturated rings. The minimum atomic E-state index is -1.58. The second-order valence-electron chi connectivity index (χ2n) is 4.50. The van der Waals surface area contributed by atoms with E-state index in [0.29, 0.717) is 0 Å². The molecule has 15 nitrogen and oxygen atoms in total. The van der Waals surface area contributed by atoms with Gasteiger partial charge in [0.1, 0.15) is 0 Å². The standard InChI is InChI=1S/3C4H7NO4.2In/c3*5-2(4(8)9)1-3(6)7;;/h3*2H,1,5H2,(H,6,7)(H,8,9);;/q;;;2*+3/p-6. The van der Waals surface area contributed by atoms with Crippen molar-refractivity contribution in [1.82, 2.24) is 0 Å². The van der Waals surface area contributed by atoms with Crippen LogP contribution in [0.2, 0.25) is 0 Å². The quantitative estimate of drug-likeness (QED) is 0.215. The topological polar surface area (TPSA) is 319 Å². The predicted octanol–water partition coefficient (Wildman–Crippen LogP) is -12.2. The molecule has 0 spiro atoms. The zero-order valence-corrected chi connectivity index (χ0v) is 21.2. The molecular weight excluding hydrogens is 608 g/mol. The van der Waals surface area contributed by atoms with E-state index < -0.39 is 73.2 Å². The fraction of sp³-hybridized carbons (Fsp3) is 0.500. The minimum Gasteiger partial charge on any atom is -0.550 e. The number of carbonyl (C=O) groups is 6. The summed E-state index contributed by atoms with van der Waals surface area (Å²) in [6.45, 7) is 0. The van der Waals surface area contributed by atoms with Gasteiger partial charge in [0.25, 0.3) is 0 Å². The molecule has 0 amide bonds. The van der Waals surface area contributed by atoms with E-state index in [1.54, 1.807) is 0 Å². The first-order chi connectivity index (χ1) is 12.1. The molecular formula is C12H15In2N3O12. The Bertz CT molecular complexity index is 484. The maximum Gasteiger partial charge on any atom is 3.00 e. The molecule has 0 saturated heterocycles. The van der Waals surface area contributed by atoms with Gasteiger partial charge in [0, 0.05) is 55.3 Å². The van der Waals surface area contributed by atoms with E-state index in [2.05, 4.69) is 0 Å². The molecule has 0 bridgehead atoms. The van der Waals surface area contributed by atoms with Crippen molar-refractivity contribution in [3.05, 3.63) is 0 Å². The first-order valence-electron chi connectivity index (χ1n) is 6.60. The summed E-state index contributed by atoms with van der Waals surface area (Å²) in [5, 5.41) is 58.0. The van der Waals surface area contributed by atoms with Crippen molar-refractivity contribution < 1.29 is 59.4 Å². The van der Waals surface area contributed by atoms with Crippen LogP contribution in [0.3, 0.4) is 0 Å². The molecule has 3 unspecified atom stereocenters. The van der Waals surface area contributed by atoms with Crippen molar-refractivity contribution in [3.63, 3.8) is 0 Å². The molecule has 0 aromatic rings. The minimum absolute atomic E-state index is 0. The van der Waals surface area contributed by atoms with Crippen LogP contribution >= 0.6 is 0 Å². The molecule has 6 N–H and O–H groups in total. The Kier molecular flexibility index (Phi) is 27.8. The fourth-order valence-electron chi connectivity index (χ4n) is 0.789. The van der Waals surface area contributed by atoms with Crippen molar-refractivity contribution in [2.75, 3.05) is 0 Å². The molecule has 0 aliphatic heterocycles. The van der Waals surface area contributed by atoms with Gasteiger partial charge in [-0.3, -0.25) is 0 Å². The van der Waals surface area contributed by atoms with E-state index in [1.807, 2.05) is 0 Å². The van der Waals surface area contributed by atoms with Crippen LogP contribution in [0.5, 0.6) is 0 Å². The Morgan fingerprint density at radius 3 is 0.655 bits per heavy atom. The molecule has 156 valence electrons. The van der Waals surface area contributed by atoms with Crippen molar-refractivity contribution in [1.29, 1.82) is 0 Å². The summed E-state index contributed by atoms with van der Waals surface area (Å²) >= 11 is 0. The largest absolute Gasteiger partial charge is 3.00 e. The van der Waals surface area contributed by atoms with Crippen molar-refractivity contribution in [2.24, 2.45) is 17.2 Å². The summed E-state index contributed by atoms with van der Waals surface area (Å²) in [5.74, 6) is -9.23. The average Bonchev–Trinajstić information content (AvgIpc) is 2.46. The predicted molar refractivity (Wildman–Crippen MR) is 79.3 cm³/mol. The van der Waals surface area contributed by atoms with E-state index in [4.69, 9.17) is 17.2 Å². The average molecular weight is 623 g/mol. The van der Waals surface area contributed by atoms with Crippen molar-refractivity contribution in [3.8, 4) is 0 Å². The third-order valence-corrected chi connectivity index (χ3v) is 2.07. The van der Waals surface area contributed by atoms with Gasteiger partial charge >= 0.3 is 51.7 Å². The van der Waals surface area contributed by atoms with Crippen LogP contribution in [0, 0.1) is 0 Å². The van der Waals surface area contributed by atoms with Gasteiger partial charge < -0.3 is 76.6 Å². The van der Waals surface area contributed by atoms with E-state index in [0.717, 1.165) is 0 Å². The zero-order chi connectivity index (χ0) is 22.3. The maximum absolute atomic E-state index is 9.71. The third-order valence-electron chi connectivity index (χ3n) is 2.07. The van der Waals surface area contributed by atoms with Crippen LogP contribution in [0.25, 0.3) is 0 Å². The SMILES string of the molecule is NC(CC(=O)[O-])C(=O)[O-].NC(CC(=O)[O-])C(=O)[O-].NC(CC(=O)[O-])C(=O)[O-].[In+3].[In+3]. The van der Waals surface area contributed by atoms with Gasteiger partial charge in [0.15, 0.2) is 0 Å². The summed E-state index contributed by atoms with van der Waals surface area (Å²) in [6.07, 6.45) is -2.12. The van der Waals surface area contributed by atoms with Crippen LogP contribution in [0.15, 0.2) is 0 Å². The molecule has 0 rings (SSSR count). The number of carboxylic acids is 6. The molecule has 0 aromatic heterocycles. The van der Waals surface area contributed by atoms with Gasteiger partial charge in [-0.1, -0.05) is 0 Å². The number of rotatable bonds is 9. The zero-order valence-electron chi connectivity index (χ0n) is 14.6. The van der Waals surface area contributed by atoms with Crippen LogP contribution in [0.4, 0.5) is 0 Å². The first-order valence-corrected chi connectivity index (χ1v) is 6.60. The van der Waals surface area contributed by atoms with Gasteiger partial charge in [-0.25, -0.2) is 0 Å². The summed E-state index contributed by atoms with van der Waals surface area (Å²) < 4.78 is 0. The summed E-state index contributed by atoms with van der Waals surface area (Å²) in [5.41, 5.74) is 14.2. The second kappa shape index (κ2) is 21.2. The summed E-state index contributed by atoms with van der Waals surface area (Å²) in [4.78, 5) is 58.0. The Balaban J connectivity index is -0.0000000960. The maximum atomic E-state index is 9.71. The number of carboxylic acid groups (broad SMARTS) is 6. The normalized spacial score (nSPS) is 11.7. The van der Waals surface area contributed by atoms with Crippen LogP contribution < -0.4 is 47.8 Å². The van der Waals surface area contributed by atoms with E-state index in [9.17, 15) is 59.4 Å². The Hall–Kier alpha value is -1.56. The molecule has 29 heavy (non-hydrogen) atoms. The van der Waals surface area contributed by atoms with Crippen LogP contribution in [-0.2, 0) is 28.8 Å². The first kappa shape index (κ1) is 38.1. The third kappa shape index (κ3) is 31.4. The Labute approximate surface area is 200 Å². The molecule has 3 atom stereocenters. The van der Waals surface area contributed by atoms with Gasteiger partial charge in [-0.15, -0.1) is 0 Å². The van der Waals surface area contributed by atoms with E-state index >= 15 is 0 Å². The van der Waals surface area contributed by atoms with Gasteiger partial charge in [0.05, 0.1) is 17.9 Å². The molecule has 0 radical (unpaired) electrons. The monoisotopic (exact) mass is 623 g/mol. The number of carbonyl (C=O) groups excluding carboxylic acids is 6. The number of aliphatic carboxylic acids is 6. The van der Waals surface area contributed by atoms with Crippen molar-refractivity contribution in [2.45, 2.75) is 37.4 Å².